The van der Waals surface area contributed by atoms with Gasteiger partial charge in [-0.2, -0.15) is 0 Å². The lowest BCUT2D eigenvalue weighted by molar-refractivity contribution is -0.136. The lowest BCUT2D eigenvalue weighted by atomic mass is 10.3. The van der Waals surface area contributed by atoms with Crippen LogP contribution in [-0.2, 0) is 4.79 Å². The number of aryl methyl sites for hydroxylation is 1. The molecule has 0 saturated heterocycles. The predicted octanol–water partition coefficient (Wildman–Crippen LogP) is 1.23. The third-order valence-corrected chi connectivity index (χ3v) is 2.64. The Balaban J connectivity index is 2.09. The summed E-state index contributed by atoms with van der Waals surface area (Å²) in [7, 11) is 0. The van der Waals surface area contributed by atoms with Gasteiger partial charge in [-0.1, -0.05) is 0 Å². The minimum absolute atomic E-state index is 0.152. The lowest BCUT2D eigenvalue weighted by Crippen LogP contribution is -2.29. The Hall–Kier alpha value is -1.65. The summed E-state index contributed by atoms with van der Waals surface area (Å²) in [5, 5.41) is 8.71. The predicted molar refractivity (Wildman–Crippen MR) is 59.4 cm³/mol. The number of aliphatic carboxylic acids is 1. The van der Waals surface area contributed by atoms with Crippen molar-refractivity contribution in [2.45, 2.75) is 32.2 Å². The molecule has 0 aromatic carbocycles. The Labute approximate surface area is 94.1 Å². The highest BCUT2D eigenvalue weighted by Gasteiger charge is 2.30. The van der Waals surface area contributed by atoms with Crippen molar-refractivity contribution in [2.75, 3.05) is 11.4 Å². The molecule has 0 atom stereocenters. The third kappa shape index (κ3) is 2.68. The Morgan fingerprint density at radius 3 is 2.88 bits per heavy atom. The highest BCUT2D eigenvalue weighted by Crippen LogP contribution is 2.30. The van der Waals surface area contributed by atoms with Crippen LogP contribution in [0, 0.1) is 6.92 Å². The van der Waals surface area contributed by atoms with Crippen LogP contribution in [-0.4, -0.2) is 33.6 Å². The number of carbonyl (C=O) groups is 1. The van der Waals surface area contributed by atoms with Gasteiger partial charge in [0, 0.05) is 24.3 Å². The fourth-order valence-electron chi connectivity index (χ4n) is 1.68. The van der Waals surface area contributed by atoms with Gasteiger partial charge in [0.1, 0.15) is 12.1 Å². The summed E-state index contributed by atoms with van der Waals surface area (Å²) in [5.41, 5.74) is 0.908. The summed E-state index contributed by atoms with van der Waals surface area (Å²) in [6.07, 6.45) is 3.94. The second-order valence-electron chi connectivity index (χ2n) is 4.09. The van der Waals surface area contributed by atoms with Crippen molar-refractivity contribution in [1.29, 1.82) is 0 Å². The molecule has 1 aliphatic rings. The molecule has 1 heterocycles. The van der Waals surface area contributed by atoms with Crippen LogP contribution in [0.15, 0.2) is 12.4 Å². The zero-order valence-corrected chi connectivity index (χ0v) is 9.26. The Morgan fingerprint density at radius 2 is 2.31 bits per heavy atom. The molecule has 1 N–H and O–H groups in total. The maximum atomic E-state index is 10.6. The molecule has 1 aromatic heterocycles. The molecule has 1 aliphatic carbocycles. The molecule has 1 saturated carbocycles. The minimum Gasteiger partial charge on any atom is -0.481 e. The minimum atomic E-state index is -0.767. The van der Waals surface area contributed by atoms with Crippen molar-refractivity contribution in [2.24, 2.45) is 0 Å². The van der Waals surface area contributed by atoms with E-state index in [2.05, 4.69) is 14.9 Å². The number of hydrogen-bond donors (Lipinski definition) is 1. The van der Waals surface area contributed by atoms with E-state index in [9.17, 15) is 4.79 Å². The standard InChI is InChI=1S/C11H15N3O2/c1-8-6-10(13-7-12-8)14(9-2-3-9)5-4-11(15)16/h6-7,9H,2-5H2,1H3,(H,15,16). The molecule has 5 heteroatoms. The van der Waals surface area contributed by atoms with Gasteiger partial charge in [0.15, 0.2) is 0 Å². The van der Waals surface area contributed by atoms with E-state index in [0.717, 1.165) is 24.4 Å². The second kappa shape index (κ2) is 4.47. The first-order chi connectivity index (χ1) is 7.66. The summed E-state index contributed by atoms with van der Waals surface area (Å²) < 4.78 is 0. The van der Waals surface area contributed by atoms with E-state index in [-0.39, 0.29) is 6.42 Å². The molecule has 16 heavy (non-hydrogen) atoms. The van der Waals surface area contributed by atoms with E-state index in [0.29, 0.717) is 12.6 Å². The van der Waals surface area contributed by atoms with E-state index >= 15 is 0 Å². The molecule has 1 fully saturated rings. The molecule has 0 spiro atoms. The SMILES string of the molecule is Cc1cc(N(CCC(=O)O)C2CC2)ncn1. The van der Waals surface area contributed by atoms with E-state index in [1.54, 1.807) is 0 Å². The molecule has 0 aliphatic heterocycles. The van der Waals surface area contributed by atoms with Crippen molar-refractivity contribution < 1.29 is 9.90 Å². The van der Waals surface area contributed by atoms with Crippen molar-refractivity contribution in [3.8, 4) is 0 Å². The average molecular weight is 221 g/mol. The van der Waals surface area contributed by atoms with Crippen LogP contribution in [0.1, 0.15) is 25.0 Å². The summed E-state index contributed by atoms with van der Waals surface area (Å²) in [5.74, 6) is 0.0766. The van der Waals surface area contributed by atoms with Gasteiger partial charge in [0.05, 0.1) is 6.42 Å². The Kier molecular flexibility index (Phi) is 3.03. The summed E-state index contributed by atoms with van der Waals surface area (Å²) >= 11 is 0. The summed E-state index contributed by atoms with van der Waals surface area (Å²) in [4.78, 5) is 20.9. The number of anilines is 1. The van der Waals surface area contributed by atoms with E-state index in [4.69, 9.17) is 5.11 Å². The second-order valence-corrected chi connectivity index (χ2v) is 4.09. The number of aromatic nitrogens is 2. The summed E-state index contributed by atoms with van der Waals surface area (Å²) in [6, 6.07) is 2.37. The number of hydrogen-bond acceptors (Lipinski definition) is 4. The molecule has 0 bridgehead atoms. The number of carboxylic acid groups (broad SMARTS) is 1. The van der Waals surface area contributed by atoms with Crippen LogP contribution >= 0.6 is 0 Å². The van der Waals surface area contributed by atoms with E-state index in [1.165, 1.54) is 6.33 Å². The quantitative estimate of drug-likeness (QED) is 0.810. The van der Waals surface area contributed by atoms with Crippen molar-refractivity contribution in [3.63, 3.8) is 0 Å². The number of carboxylic acids is 1. The van der Waals surface area contributed by atoms with Crippen molar-refractivity contribution in [3.05, 3.63) is 18.1 Å². The molecule has 0 unspecified atom stereocenters. The van der Waals surface area contributed by atoms with Gasteiger partial charge < -0.3 is 10.0 Å². The molecule has 86 valence electrons. The first-order valence-corrected chi connectivity index (χ1v) is 5.44. The van der Waals surface area contributed by atoms with Crippen LogP contribution < -0.4 is 4.90 Å². The van der Waals surface area contributed by atoms with Crippen molar-refractivity contribution >= 4 is 11.8 Å². The maximum absolute atomic E-state index is 10.6. The first kappa shape index (κ1) is 10.9. The van der Waals surface area contributed by atoms with Crippen molar-refractivity contribution in [1.82, 2.24) is 9.97 Å². The topological polar surface area (TPSA) is 66.3 Å². The van der Waals surface area contributed by atoms with Gasteiger partial charge in [0.25, 0.3) is 0 Å². The van der Waals surface area contributed by atoms with Gasteiger partial charge in [-0.25, -0.2) is 9.97 Å². The first-order valence-electron chi connectivity index (χ1n) is 5.44. The molecule has 0 radical (unpaired) electrons. The van der Waals surface area contributed by atoms with E-state index in [1.807, 2.05) is 13.0 Å². The monoisotopic (exact) mass is 221 g/mol. The maximum Gasteiger partial charge on any atom is 0.305 e. The fourth-order valence-corrected chi connectivity index (χ4v) is 1.68. The van der Waals surface area contributed by atoms with Crippen LogP contribution in [0.25, 0.3) is 0 Å². The normalized spacial score (nSPS) is 14.8. The lowest BCUT2D eigenvalue weighted by Gasteiger charge is -2.22. The molecule has 1 aromatic rings. The number of nitrogens with zero attached hydrogens (tertiary/aromatic N) is 3. The molecular weight excluding hydrogens is 206 g/mol. The fraction of sp³-hybridized carbons (Fsp3) is 0.545. The zero-order valence-electron chi connectivity index (χ0n) is 9.26. The van der Waals surface area contributed by atoms with Crippen LogP contribution in [0.2, 0.25) is 0 Å². The average Bonchev–Trinajstić information content (AvgIpc) is 3.02. The Bertz CT molecular complexity index is 391. The van der Waals surface area contributed by atoms with Crippen LogP contribution in [0.5, 0.6) is 0 Å². The molecular formula is C11H15N3O2. The summed E-state index contributed by atoms with van der Waals surface area (Å²) in [6.45, 7) is 2.43. The number of rotatable bonds is 5. The molecule has 2 rings (SSSR count). The van der Waals surface area contributed by atoms with Gasteiger partial charge >= 0.3 is 5.97 Å². The van der Waals surface area contributed by atoms with Gasteiger partial charge in [-0.3, -0.25) is 4.79 Å². The highest BCUT2D eigenvalue weighted by molar-refractivity contribution is 5.67. The van der Waals surface area contributed by atoms with Crippen LogP contribution in [0.4, 0.5) is 5.82 Å². The van der Waals surface area contributed by atoms with Gasteiger partial charge in [-0.15, -0.1) is 0 Å². The highest BCUT2D eigenvalue weighted by atomic mass is 16.4. The van der Waals surface area contributed by atoms with Gasteiger partial charge in [0.2, 0.25) is 0 Å². The Morgan fingerprint density at radius 1 is 1.56 bits per heavy atom. The van der Waals surface area contributed by atoms with Gasteiger partial charge in [-0.05, 0) is 19.8 Å². The van der Waals surface area contributed by atoms with E-state index < -0.39 is 5.97 Å². The zero-order chi connectivity index (χ0) is 11.5. The largest absolute Gasteiger partial charge is 0.481 e. The molecule has 0 amide bonds. The smallest absolute Gasteiger partial charge is 0.305 e. The molecule has 5 nitrogen and oxygen atoms in total. The van der Waals surface area contributed by atoms with Crippen LogP contribution in [0.3, 0.4) is 0 Å². The third-order valence-electron chi connectivity index (χ3n) is 2.64.